The highest BCUT2D eigenvalue weighted by atomic mass is 35.5. The molecule has 2 amide bonds. The summed E-state index contributed by atoms with van der Waals surface area (Å²) >= 11 is 12.3. The summed E-state index contributed by atoms with van der Waals surface area (Å²) in [5.41, 5.74) is 1.96. The van der Waals surface area contributed by atoms with Gasteiger partial charge in [-0.3, -0.25) is 13.9 Å². The molecule has 33 heavy (non-hydrogen) atoms. The Labute approximate surface area is 205 Å². The monoisotopic (exact) mass is 513 g/mol. The molecule has 10 heteroatoms. The number of hydrogen-bond acceptors (Lipinski definition) is 4. The Hall–Kier alpha value is -2.29. The highest BCUT2D eigenvalue weighted by molar-refractivity contribution is 7.92. The lowest BCUT2D eigenvalue weighted by Crippen LogP contribution is -2.52. The van der Waals surface area contributed by atoms with Crippen LogP contribution < -0.4 is 9.62 Å². The lowest BCUT2D eigenvalue weighted by atomic mass is 10.1. The summed E-state index contributed by atoms with van der Waals surface area (Å²) in [6, 6.07) is 11.1. The highest BCUT2D eigenvalue weighted by Gasteiger charge is 2.31. The molecule has 0 aliphatic rings. The van der Waals surface area contributed by atoms with E-state index in [4.69, 9.17) is 23.2 Å². The minimum atomic E-state index is -3.89. The van der Waals surface area contributed by atoms with Gasteiger partial charge in [-0.05, 0) is 45.4 Å². The third-order valence-corrected chi connectivity index (χ3v) is 6.89. The van der Waals surface area contributed by atoms with Crippen LogP contribution in [0.4, 0.5) is 5.69 Å². The minimum absolute atomic E-state index is 0.0214. The molecule has 0 saturated carbocycles. The molecular formula is C23H29Cl2N3O4S. The molecule has 1 atom stereocenters. The van der Waals surface area contributed by atoms with Crippen LogP contribution in [0, 0.1) is 6.92 Å². The normalized spacial score (nSPS) is 12.4. The maximum atomic E-state index is 13.4. The summed E-state index contributed by atoms with van der Waals surface area (Å²) in [4.78, 5) is 27.5. The second kappa shape index (κ2) is 11.2. The zero-order valence-electron chi connectivity index (χ0n) is 19.3. The van der Waals surface area contributed by atoms with Crippen molar-refractivity contribution in [2.75, 3.05) is 17.1 Å². The van der Waals surface area contributed by atoms with Crippen molar-refractivity contribution < 1.29 is 18.0 Å². The molecule has 0 heterocycles. The first-order chi connectivity index (χ1) is 15.3. The standard InChI is InChI=1S/C23H29Cl2N3O4S/c1-15(2)26-23(30)17(4)27(13-18-11-9-16(3)10-12-18)21(29)14-28(33(5,31)32)20-8-6-7-19(24)22(20)25/h6-12,15,17H,13-14H2,1-5H3,(H,26,30)/t17-/m0/s1. The number of halogens is 2. The number of carbonyl (C=O) groups excluding carboxylic acids is 2. The molecule has 0 aromatic heterocycles. The van der Waals surface area contributed by atoms with Crippen LogP contribution in [0.5, 0.6) is 0 Å². The average molecular weight is 514 g/mol. The molecule has 0 spiro atoms. The Balaban J connectivity index is 2.43. The van der Waals surface area contributed by atoms with Gasteiger partial charge in [0, 0.05) is 12.6 Å². The maximum absolute atomic E-state index is 13.4. The van der Waals surface area contributed by atoms with Crippen molar-refractivity contribution in [3.05, 3.63) is 63.6 Å². The molecule has 0 bridgehead atoms. The van der Waals surface area contributed by atoms with E-state index >= 15 is 0 Å². The van der Waals surface area contributed by atoms with Crippen molar-refractivity contribution in [3.8, 4) is 0 Å². The van der Waals surface area contributed by atoms with E-state index < -0.39 is 28.5 Å². The van der Waals surface area contributed by atoms with E-state index in [0.717, 1.165) is 21.7 Å². The number of nitrogens with one attached hydrogen (secondary N) is 1. The van der Waals surface area contributed by atoms with Crippen LogP contribution in [-0.4, -0.2) is 50.0 Å². The van der Waals surface area contributed by atoms with Crippen molar-refractivity contribution in [3.63, 3.8) is 0 Å². The van der Waals surface area contributed by atoms with Crippen LogP contribution in [0.2, 0.25) is 10.0 Å². The lowest BCUT2D eigenvalue weighted by Gasteiger charge is -2.32. The molecule has 180 valence electrons. The van der Waals surface area contributed by atoms with Gasteiger partial charge in [0.25, 0.3) is 0 Å². The number of carbonyl (C=O) groups is 2. The first-order valence-electron chi connectivity index (χ1n) is 10.4. The van der Waals surface area contributed by atoms with E-state index in [0.29, 0.717) is 0 Å². The van der Waals surface area contributed by atoms with Crippen molar-refractivity contribution in [1.29, 1.82) is 0 Å². The van der Waals surface area contributed by atoms with Gasteiger partial charge in [-0.2, -0.15) is 0 Å². The fourth-order valence-corrected chi connectivity index (χ4v) is 4.46. The second-order valence-corrected chi connectivity index (χ2v) is 10.9. The van der Waals surface area contributed by atoms with E-state index in [1.807, 2.05) is 45.0 Å². The molecular weight excluding hydrogens is 485 g/mol. The Morgan fingerprint density at radius 3 is 2.18 bits per heavy atom. The second-order valence-electron chi connectivity index (χ2n) is 8.19. The quantitative estimate of drug-likeness (QED) is 0.548. The summed E-state index contributed by atoms with van der Waals surface area (Å²) in [5, 5.41) is 2.99. The Morgan fingerprint density at radius 2 is 1.64 bits per heavy atom. The number of aryl methyl sites for hydroxylation is 1. The number of anilines is 1. The Bertz CT molecular complexity index is 1110. The minimum Gasteiger partial charge on any atom is -0.352 e. The summed E-state index contributed by atoms with van der Waals surface area (Å²) in [6.07, 6.45) is 0.983. The lowest BCUT2D eigenvalue weighted by molar-refractivity contribution is -0.139. The predicted molar refractivity (Wildman–Crippen MR) is 133 cm³/mol. The molecule has 1 N–H and O–H groups in total. The van der Waals surface area contributed by atoms with E-state index in [9.17, 15) is 18.0 Å². The summed E-state index contributed by atoms with van der Waals surface area (Å²) < 4.78 is 26.0. The van der Waals surface area contributed by atoms with Gasteiger partial charge in [-0.15, -0.1) is 0 Å². The molecule has 0 radical (unpaired) electrons. The maximum Gasteiger partial charge on any atom is 0.244 e. The van der Waals surface area contributed by atoms with E-state index in [-0.39, 0.29) is 34.2 Å². The van der Waals surface area contributed by atoms with Gasteiger partial charge in [0.2, 0.25) is 21.8 Å². The largest absolute Gasteiger partial charge is 0.352 e. The van der Waals surface area contributed by atoms with Crippen LogP contribution in [0.15, 0.2) is 42.5 Å². The third-order valence-electron chi connectivity index (χ3n) is 4.95. The predicted octanol–water partition coefficient (Wildman–Crippen LogP) is 4.01. The molecule has 2 aromatic rings. The molecule has 0 aliphatic heterocycles. The van der Waals surface area contributed by atoms with Crippen molar-refractivity contribution in [2.24, 2.45) is 0 Å². The number of rotatable bonds is 9. The van der Waals surface area contributed by atoms with Crippen LogP contribution in [0.25, 0.3) is 0 Å². The van der Waals surface area contributed by atoms with Gasteiger partial charge in [0.1, 0.15) is 12.6 Å². The van der Waals surface area contributed by atoms with Gasteiger partial charge >= 0.3 is 0 Å². The fraction of sp³-hybridized carbons (Fsp3) is 0.391. The first kappa shape index (κ1) is 27.0. The van der Waals surface area contributed by atoms with Crippen LogP contribution in [0.3, 0.4) is 0 Å². The zero-order valence-corrected chi connectivity index (χ0v) is 21.6. The summed E-state index contributed by atoms with van der Waals surface area (Å²) in [7, 11) is -3.89. The summed E-state index contributed by atoms with van der Waals surface area (Å²) in [6.45, 7) is 6.80. The molecule has 0 aliphatic carbocycles. The number of amides is 2. The van der Waals surface area contributed by atoms with E-state index in [1.54, 1.807) is 13.0 Å². The number of hydrogen-bond donors (Lipinski definition) is 1. The van der Waals surface area contributed by atoms with Gasteiger partial charge in [-0.1, -0.05) is 59.1 Å². The van der Waals surface area contributed by atoms with E-state index in [1.165, 1.54) is 17.0 Å². The number of sulfonamides is 1. The molecule has 0 saturated heterocycles. The van der Waals surface area contributed by atoms with Crippen molar-refractivity contribution in [2.45, 2.75) is 46.3 Å². The first-order valence-corrected chi connectivity index (χ1v) is 13.0. The van der Waals surface area contributed by atoms with Crippen LogP contribution in [0.1, 0.15) is 31.9 Å². The molecule has 7 nitrogen and oxygen atoms in total. The molecule has 2 rings (SSSR count). The van der Waals surface area contributed by atoms with Gasteiger partial charge in [0.05, 0.1) is 22.0 Å². The van der Waals surface area contributed by atoms with Gasteiger partial charge < -0.3 is 10.2 Å². The smallest absolute Gasteiger partial charge is 0.244 e. The number of benzene rings is 2. The van der Waals surface area contributed by atoms with Gasteiger partial charge in [0.15, 0.2) is 0 Å². The fourth-order valence-electron chi connectivity index (χ4n) is 3.16. The van der Waals surface area contributed by atoms with Crippen molar-refractivity contribution in [1.82, 2.24) is 10.2 Å². The molecule has 0 fully saturated rings. The van der Waals surface area contributed by atoms with Crippen molar-refractivity contribution >= 4 is 50.7 Å². The zero-order chi connectivity index (χ0) is 24.9. The Kier molecular flexibility index (Phi) is 9.17. The molecule has 2 aromatic carbocycles. The van der Waals surface area contributed by atoms with Gasteiger partial charge in [-0.25, -0.2) is 8.42 Å². The van der Waals surface area contributed by atoms with Crippen LogP contribution >= 0.6 is 23.2 Å². The van der Waals surface area contributed by atoms with Crippen LogP contribution in [-0.2, 0) is 26.2 Å². The van der Waals surface area contributed by atoms with E-state index in [2.05, 4.69) is 5.32 Å². The Morgan fingerprint density at radius 1 is 1.03 bits per heavy atom. The highest BCUT2D eigenvalue weighted by Crippen LogP contribution is 2.33. The SMILES string of the molecule is Cc1ccc(CN(C(=O)CN(c2cccc(Cl)c2Cl)S(C)(=O)=O)[C@@H](C)C(=O)NC(C)C)cc1. The molecule has 0 unspecified atom stereocenters. The summed E-state index contributed by atoms with van der Waals surface area (Å²) in [5.74, 6) is -0.888. The number of nitrogens with zero attached hydrogens (tertiary/aromatic N) is 2. The third kappa shape index (κ3) is 7.35. The average Bonchev–Trinajstić information content (AvgIpc) is 2.72. The topological polar surface area (TPSA) is 86.8 Å².